The highest BCUT2D eigenvalue weighted by Crippen LogP contribution is 2.40. The van der Waals surface area contributed by atoms with Crippen molar-refractivity contribution in [3.8, 4) is 0 Å². The van der Waals surface area contributed by atoms with Crippen molar-refractivity contribution in [2.24, 2.45) is 11.3 Å². The van der Waals surface area contributed by atoms with Gasteiger partial charge in [0.25, 0.3) is 0 Å². The lowest BCUT2D eigenvalue weighted by Gasteiger charge is -2.34. The SMILES string of the molecule is COC(=O)C(Br)(CC(C)(C)C)C(C)C. The van der Waals surface area contributed by atoms with Crippen molar-refractivity contribution in [1.29, 1.82) is 0 Å². The predicted molar refractivity (Wildman–Crippen MR) is 62.6 cm³/mol. The van der Waals surface area contributed by atoms with Crippen molar-refractivity contribution in [2.75, 3.05) is 7.11 Å². The summed E-state index contributed by atoms with van der Waals surface area (Å²) in [6.07, 6.45) is 0.768. The van der Waals surface area contributed by atoms with Crippen LogP contribution in [0.2, 0.25) is 0 Å². The molecule has 0 aliphatic rings. The summed E-state index contributed by atoms with van der Waals surface area (Å²) in [5, 5.41) is 0. The van der Waals surface area contributed by atoms with Gasteiger partial charge in [0.1, 0.15) is 4.32 Å². The van der Waals surface area contributed by atoms with Gasteiger partial charge in [0, 0.05) is 0 Å². The molecular formula is C11H21BrO2. The maximum Gasteiger partial charge on any atom is 0.322 e. The van der Waals surface area contributed by atoms with Crippen LogP contribution in [0.3, 0.4) is 0 Å². The molecule has 0 bridgehead atoms. The van der Waals surface area contributed by atoms with E-state index in [4.69, 9.17) is 4.74 Å². The van der Waals surface area contributed by atoms with Crippen molar-refractivity contribution in [3.05, 3.63) is 0 Å². The third-order valence-electron chi connectivity index (χ3n) is 2.23. The summed E-state index contributed by atoms with van der Waals surface area (Å²) in [5.41, 5.74) is 0.0992. The molecule has 0 fully saturated rings. The number of methoxy groups -OCH3 is 1. The van der Waals surface area contributed by atoms with Crippen LogP contribution in [0.25, 0.3) is 0 Å². The maximum absolute atomic E-state index is 11.7. The van der Waals surface area contributed by atoms with Gasteiger partial charge in [-0.25, -0.2) is 0 Å². The van der Waals surface area contributed by atoms with E-state index in [0.29, 0.717) is 0 Å². The normalized spacial score (nSPS) is 16.6. The Kier molecular flexibility index (Phi) is 4.63. The van der Waals surface area contributed by atoms with Crippen molar-refractivity contribution in [1.82, 2.24) is 0 Å². The van der Waals surface area contributed by atoms with Crippen LogP contribution in [0.15, 0.2) is 0 Å². The average Bonchev–Trinajstić information content (AvgIpc) is 1.99. The van der Waals surface area contributed by atoms with Gasteiger partial charge in [0.15, 0.2) is 0 Å². The zero-order valence-corrected chi connectivity index (χ0v) is 11.6. The number of halogens is 1. The van der Waals surface area contributed by atoms with Crippen LogP contribution in [0.5, 0.6) is 0 Å². The molecule has 3 heteroatoms. The number of hydrogen-bond donors (Lipinski definition) is 0. The van der Waals surface area contributed by atoms with E-state index < -0.39 is 4.32 Å². The molecule has 1 unspecified atom stereocenters. The molecule has 2 nitrogen and oxygen atoms in total. The van der Waals surface area contributed by atoms with Crippen LogP contribution in [-0.2, 0) is 9.53 Å². The second-order valence-electron chi connectivity index (χ2n) is 5.25. The summed E-state index contributed by atoms with van der Waals surface area (Å²) in [4.78, 5) is 11.7. The van der Waals surface area contributed by atoms with E-state index in [1.165, 1.54) is 7.11 Å². The standard InChI is InChI=1S/C11H21BrO2/c1-8(2)11(12,9(13)14-6)7-10(3,4)5/h8H,7H2,1-6H3. The van der Waals surface area contributed by atoms with E-state index in [1.54, 1.807) is 0 Å². The fraction of sp³-hybridized carbons (Fsp3) is 0.909. The number of alkyl halides is 1. The third kappa shape index (κ3) is 3.60. The van der Waals surface area contributed by atoms with E-state index >= 15 is 0 Å². The Hall–Kier alpha value is -0.0500. The van der Waals surface area contributed by atoms with Crippen molar-refractivity contribution >= 4 is 21.9 Å². The molecule has 0 heterocycles. The summed E-state index contributed by atoms with van der Waals surface area (Å²) in [6, 6.07) is 0. The van der Waals surface area contributed by atoms with Crippen LogP contribution in [-0.4, -0.2) is 17.4 Å². The number of ether oxygens (including phenoxy) is 1. The molecule has 0 aromatic heterocycles. The Morgan fingerprint density at radius 1 is 1.36 bits per heavy atom. The lowest BCUT2D eigenvalue weighted by Crippen LogP contribution is -2.41. The van der Waals surface area contributed by atoms with E-state index in [1.807, 2.05) is 13.8 Å². The predicted octanol–water partition coefficient (Wildman–Crippen LogP) is 3.39. The Balaban J connectivity index is 4.83. The Morgan fingerprint density at radius 2 is 1.79 bits per heavy atom. The Labute approximate surface area is 95.5 Å². The average molecular weight is 265 g/mol. The quantitative estimate of drug-likeness (QED) is 0.577. The van der Waals surface area contributed by atoms with Gasteiger partial charge in [-0.05, 0) is 17.8 Å². The summed E-state index contributed by atoms with van der Waals surface area (Å²) in [7, 11) is 1.43. The summed E-state index contributed by atoms with van der Waals surface area (Å²) in [6.45, 7) is 10.4. The fourth-order valence-corrected chi connectivity index (χ4v) is 2.46. The highest BCUT2D eigenvalue weighted by atomic mass is 79.9. The molecular weight excluding hydrogens is 244 g/mol. The van der Waals surface area contributed by atoms with Gasteiger partial charge in [-0.15, -0.1) is 0 Å². The van der Waals surface area contributed by atoms with E-state index in [9.17, 15) is 4.79 Å². The number of hydrogen-bond acceptors (Lipinski definition) is 2. The molecule has 0 aromatic carbocycles. The summed E-state index contributed by atoms with van der Waals surface area (Å²) in [5.74, 6) is 0.0385. The third-order valence-corrected chi connectivity index (χ3v) is 3.75. The molecule has 0 aliphatic heterocycles. The van der Waals surface area contributed by atoms with E-state index in [-0.39, 0.29) is 17.3 Å². The number of carbonyl (C=O) groups is 1. The molecule has 0 radical (unpaired) electrons. The zero-order chi connectivity index (χ0) is 11.6. The minimum atomic E-state index is -0.556. The molecule has 0 aliphatic carbocycles. The number of rotatable bonds is 3. The molecule has 0 saturated heterocycles. The molecule has 0 spiro atoms. The second-order valence-corrected chi connectivity index (χ2v) is 6.66. The first-order chi connectivity index (χ1) is 6.13. The topological polar surface area (TPSA) is 26.3 Å². The molecule has 14 heavy (non-hydrogen) atoms. The van der Waals surface area contributed by atoms with Crippen LogP contribution >= 0.6 is 15.9 Å². The number of carbonyl (C=O) groups excluding carboxylic acids is 1. The largest absolute Gasteiger partial charge is 0.468 e. The van der Waals surface area contributed by atoms with Crippen molar-refractivity contribution in [3.63, 3.8) is 0 Å². The molecule has 0 saturated carbocycles. The van der Waals surface area contributed by atoms with Crippen molar-refractivity contribution < 1.29 is 9.53 Å². The van der Waals surface area contributed by atoms with Gasteiger partial charge in [0.05, 0.1) is 7.11 Å². The Morgan fingerprint density at radius 3 is 2.00 bits per heavy atom. The van der Waals surface area contributed by atoms with Crippen LogP contribution in [0, 0.1) is 11.3 Å². The minimum Gasteiger partial charge on any atom is -0.468 e. The van der Waals surface area contributed by atoms with Crippen LogP contribution in [0.1, 0.15) is 41.0 Å². The molecule has 84 valence electrons. The lowest BCUT2D eigenvalue weighted by atomic mass is 9.79. The summed E-state index contributed by atoms with van der Waals surface area (Å²) < 4.78 is 4.28. The van der Waals surface area contributed by atoms with Crippen LogP contribution in [0.4, 0.5) is 0 Å². The maximum atomic E-state index is 11.7. The molecule has 1 atom stereocenters. The van der Waals surface area contributed by atoms with Crippen molar-refractivity contribution in [2.45, 2.75) is 45.4 Å². The van der Waals surface area contributed by atoms with E-state index in [2.05, 4.69) is 36.7 Å². The van der Waals surface area contributed by atoms with Crippen LogP contribution < -0.4 is 0 Å². The molecule has 0 aromatic rings. The molecule has 0 amide bonds. The van der Waals surface area contributed by atoms with Gasteiger partial charge in [0.2, 0.25) is 0 Å². The second kappa shape index (κ2) is 4.65. The molecule has 0 rings (SSSR count). The van der Waals surface area contributed by atoms with Gasteiger partial charge in [-0.3, -0.25) is 4.79 Å². The lowest BCUT2D eigenvalue weighted by molar-refractivity contribution is -0.145. The first-order valence-electron chi connectivity index (χ1n) is 4.91. The smallest absolute Gasteiger partial charge is 0.322 e. The van der Waals surface area contributed by atoms with Gasteiger partial charge in [-0.1, -0.05) is 50.5 Å². The van der Waals surface area contributed by atoms with Gasteiger partial charge < -0.3 is 4.74 Å². The zero-order valence-electron chi connectivity index (χ0n) is 9.98. The van der Waals surface area contributed by atoms with Gasteiger partial charge in [-0.2, -0.15) is 0 Å². The highest BCUT2D eigenvalue weighted by Gasteiger charge is 2.42. The monoisotopic (exact) mass is 264 g/mol. The fourth-order valence-electron chi connectivity index (χ4n) is 1.45. The summed E-state index contributed by atoms with van der Waals surface area (Å²) >= 11 is 3.54. The van der Waals surface area contributed by atoms with E-state index in [0.717, 1.165) is 6.42 Å². The van der Waals surface area contributed by atoms with Gasteiger partial charge >= 0.3 is 5.97 Å². The number of esters is 1. The molecule has 0 N–H and O–H groups in total. The first-order valence-corrected chi connectivity index (χ1v) is 5.70. The Bertz CT molecular complexity index is 206. The first kappa shape index (κ1) is 13.9. The minimum absolute atomic E-state index is 0.0992. The highest BCUT2D eigenvalue weighted by molar-refractivity contribution is 9.10.